The van der Waals surface area contributed by atoms with E-state index in [4.69, 9.17) is 5.73 Å². The van der Waals surface area contributed by atoms with Gasteiger partial charge in [0, 0.05) is 0 Å². The van der Waals surface area contributed by atoms with Crippen LogP contribution in [0, 0.1) is 0 Å². The molecule has 2 nitrogen and oxygen atoms in total. The summed E-state index contributed by atoms with van der Waals surface area (Å²) in [6.45, 7) is 0. The van der Waals surface area contributed by atoms with Gasteiger partial charge in [0.2, 0.25) is 0 Å². The number of rotatable bonds is 3. The molecule has 2 N–H and O–H groups in total. The average molecular weight is 335 g/mol. The fourth-order valence-corrected chi connectivity index (χ4v) is 2.08. The summed E-state index contributed by atoms with van der Waals surface area (Å²) >= 11 is 0. The van der Waals surface area contributed by atoms with Gasteiger partial charge < -0.3 is 10.5 Å². The molecule has 2 aromatic carbocycles. The van der Waals surface area contributed by atoms with Crippen LogP contribution >= 0.6 is 0 Å². The minimum atomic E-state index is -4.84. The van der Waals surface area contributed by atoms with Crippen LogP contribution in [0.3, 0.4) is 0 Å². The lowest BCUT2D eigenvalue weighted by Crippen LogP contribution is -2.19. The van der Waals surface area contributed by atoms with E-state index in [-0.39, 0.29) is 11.1 Å². The second-order valence-corrected chi connectivity index (χ2v) is 4.68. The zero-order chi connectivity index (χ0) is 17.3. The van der Waals surface area contributed by atoms with Crippen LogP contribution in [0.2, 0.25) is 0 Å². The van der Waals surface area contributed by atoms with Gasteiger partial charge in [-0.05, 0) is 29.3 Å². The van der Waals surface area contributed by atoms with E-state index in [1.54, 1.807) is 0 Å². The first-order valence-corrected chi connectivity index (χ1v) is 6.35. The number of hydrogen-bond donors (Lipinski definition) is 1. The molecule has 8 heteroatoms. The molecule has 0 aromatic heterocycles. The van der Waals surface area contributed by atoms with Gasteiger partial charge in [-0.3, -0.25) is 0 Å². The molecule has 0 saturated heterocycles. The lowest BCUT2D eigenvalue weighted by Gasteiger charge is -2.19. The van der Waals surface area contributed by atoms with Gasteiger partial charge in [0.15, 0.2) is 0 Å². The predicted molar refractivity (Wildman–Crippen MR) is 70.6 cm³/mol. The fraction of sp³-hybridized carbons (Fsp3) is 0.200. The largest absolute Gasteiger partial charge is 0.573 e. The summed E-state index contributed by atoms with van der Waals surface area (Å²) in [5.41, 5.74) is 5.01. The predicted octanol–water partition coefficient (Wildman–Crippen LogP) is 4.65. The summed E-state index contributed by atoms with van der Waals surface area (Å²) in [6, 6.07) is 8.03. The number of hydrogen-bond acceptors (Lipinski definition) is 2. The zero-order valence-electron chi connectivity index (χ0n) is 11.4. The molecule has 0 radical (unpaired) electrons. The van der Waals surface area contributed by atoms with Crippen LogP contribution in [0.1, 0.15) is 22.7 Å². The van der Waals surface area contributed by atoms with Gasteiger partial charge in [-0.15, -0.1) is 13.2 Å². The van der Waals surface area contributed by atoms with Crippen LogP contribution in [0.4, 0.5) is 26.3 Å². The zero-order valence-corrected chi connectivity index (χ0v) is 11.4. The lowest BCUT2D eigenvalue weighted by atomic mass is 9.95. The summed E-state index contributed by atoms with van der Waals surface area (Å²) in [5, 5.41) is 0. The monoisotopic (exact) mass is 335 g/mol. The van der Waals surface area contributed by atoms with Crippen molar-refractivity contribution in [2.24, 2.45) is 5.73 Å². The Hall–Kier alpha value is -2.22. The molecule has 0 aliphatic heterocycles. The molecule has 124 valence electrons. The van der Waals surface area contributed by atoms with Crippen LogP contribution in [-0.2, 0) is 6.18 Å². The smallest absolute Gasteiger partial charge is 0.406 e. The highest BCUT2D eigenvalue weighted by molar-refractivity contribution is 5.40. The highest BCUT2D eigenvalue weighted by atomic mass is 19.4. The number of halogens is 6. The maximum Gasteiger partial charge on any atom is 0.573 e. The highest BCUT2D eigenvalue weighted by Gasteiger charge is 2.34. The van der Waals surface area contributed by atoms with Crippen molar-refractivity contribution in [2.45, 2.75) is 18.6 Å². The quantitative estimate of drug-likeness (QED) is 0.829. The molecular weight excluding hydrogens is 324 g/mol. The molecule has 0 amide bonds. The number of alkyl halides is 6. The molecule has 2 aromatic rings. The minimum absolute atomic E-state index is 0.163. The molecule has 0 unspecified atom stereocenters. The topological polar surface area (TPSA) is 35.2 Å². The van der Waals surface area contributed by atoms with Crippen molar-refractivity contribution in [2.75, 3.05) is 0 Å². The van der Waals surface area contributed by atoms with E-state index in [0.29, 0.717) is 0 Å². The Bertz CT molecular complexity index is 663. The number of benzene rings is 2. The van der Waals surface area contributed by atoms with Crippen LogP contribution in [0.15, 0.2) is 48.5 Å². The third kappa shape index (κ3) is 4.38. The van der Waals surface area contributed by atoms with Gasteiger partial charge in [-0.25, -0.2) is 0 Å². The van der Waals surface area contributed by atoms with Gasteiger partial charge in [0.1, 0.15) is 5.75 Å². The molecule has 0 saturated carbocycles. The molecule has 0 spiro atoms. The van der Waals surface area contributed by atoms with Crippen molar-refractivity contribution in [1.82, 2.24) is 0 Å². The van der Waals surface area contributed by atoms with E-state index in [1.165, 1.54) is 30.3 Å². The molecule has 0 bridgehead atoms. The van der Waals surface area contributed by atoms with Crippen LogP contribution < -0.4 is 10.5 Å². The van der Waals surface area contributed by atoms with E-state index in [0.717, 1.165) is 18.2 Å². The van der Waals surface area contributed by atoms with E-state index < -0.39 is 29.9 Å². The number of ether oxygens (including phenoxy) is 1. The van der Waals surface area contributed by atoms with Gasteiger partial charge in [-0.1, -0.05) is 30.3 Å². The Morgan fingerprint density at radius 1 is 0.826 bits per heavy atom. The van der Waals surface area contributed by atoms with E-state index >= 15 is 0 Å². The Balaban J connectivity index is 2.30. The normalized spacial score (nSPS) is 13.7. The second kappa shape index (κ2) is 6.11. The van der Waals surface area contributed by atoms with Gasteiger partial charge in [-0.2, -0.15) is 13.2 Å². The van der Waals surface area contributed by atoms with Crippen LogP contribution in [0.25, 0.3) is 0 Å². The molecule has 0 heterocycles. The Morgan fingerprint density at radius 2 is 1.39 bits per heavy atom. The Labute approximate surface area is 127 Å². The molecule has 0 fully saturated rings. The molecule has 2 rings (SSSR count). The Kier molecular flexibility index (Phi) is 4.56. The van der Waals surface area contributed by atoms with Crippen molar-refractivity contribution in [1.29, 1.82) is 0 Å². The second-order valence-electron chi connectivity index (χ2n) is 4.68. The molecule has 0 aliphatic carbocycles. The van der Waals surface area contributed by atoms with Crippen molar-refractivity contribution in [3.63, 3.8) is 0 Å². The van der Waals surface area contributed by atoms with Crippen LogP contribution in [0.5, 0.6) is 5.75 Å². The fourth-order valence-electron chi connectivity index (χ4n) is 2.08. The molecule has 23 heavy (non-hydrogen) atoms. The van der Waals surface area contributed by atoms with Gasteiger partial charge in [0.25, 0.3) is 0 Å². The molecule has 1 atom stereocenters. The number of nitrogens with two attached hydrogens (primary N) is 1. The Morgan fingerprint density at radius 3 is 1.91 bits per heavy atom. The third-order valence-electron chi connectivity index (χ3n) is 3.07. The van der Waals surface area contributed by atoms with E-state index in [1.807, 2.05) is 0 Å². The summed E-state index contributed by atoms with van der Waals surface area (Å²) in [4.78, 5) is 0. The van der Waals surface area contributed by atoms with Crippen LogP contribution in [-0.4, -0.2) is 6.36 Å². The van der Waals surface area contributed by atoms with Crippen molar-refractivity contribution in [3.8, 4) is 5.75 Å². The van der Waals surface area contributed by atoms with Crippen molar-refractivity contribution >= 4 is 0 Å². The first-order chi connectivity index (χ1) is 10.6. The lowest BCUT2D eigenvalue weighted by molar-refractivity contribution is -0.274. The summed E-state index contributed by atoms with van der Waals surface area (Å²) in [6.07, 6.45) is -9.42. The summed E-state index contributed by atoms with van der Waals surface area (Å²) in [7, 11) is 0. The molecule has 0 aliphatic rings. The average Bonchev–Trinajstić information content (AvgIpc) is 2.45. The maximum atomic E-state index is 13.0. The third-order valence-corrected chi connectivity index (χ3v) is 3.07. The molecular formula is C15H11F6NO. The van der Waals surface area contributed by atoms with Gasteiger partial charge >= 0.3 is 12.5 Å². The first kappa shape index (κ1) is 17.1. The van der Waals surface area contributed by atoms with Crippen molar-refractivity contribution in [3.05, 3.63) is 65.2 Å². The van der Waals surface area contributed by atoms with E-state index in [2.05, 4.69) is 4.74 Å². The minimum Gasteiger partial charge on any atom is -0.406 e. The maximum absolute atomic E-state index is 13.0. The van der Waals surface area contributed by atoms with E-state index in [9.17, 15) is 26.3 Å². The summed E-state index contributed by atoms with van der Waals surface area (Å²) < 4.78 is 78.9. The van der Waals surface area contributed by atoms with Gasteiger partial charge in [0.05, 0.1) is 11.6 Å². The van der Waals surface area contributed by atoms with Crippen molar-refractivity contribution < 1.29 is 31.1 Å². The highest BCUT2D eigenvalue weighted by Crippen LogP contribution is 2.36. The summed E-state index contributed by atoms with van der Waals surface area (Å²) in [5.74, 6) is -0.474. The SMILES string of the molecule is N[C@H](c1ccc(OC(F)(F)F)cc1)c1ccccc1C(F)(F)F. The first-order valence-electron chi connectivity index (χ1n) is 6.35. The standard InChI is InChI=1S/C15H11F6NO/c16-14(17,18)12-4-2-1-3-11(12)13(22)9-5-7-10(8-6-9)23-15(19,20)21/h1-8,13H,22H2/t13-/m1/s1.